The molecular formula is C25H24N4O4. The topological polar surface area (TPSA) is 104 Å². The molecule has 3 aliphatic rings. The molecule has 33 heavy (non-hydrogen) atoms. The molecule has 6 rings (SSSR count). The monoisotopic (exact) mass is 444 g/mol. The summed E-state index contributed by atoms with van der Waals surface area (Å²) in [7, 11) is 1.54. The first-order chi connectivity index (χ1) is 16.1. The van der Waals surface area contributed by atoms with Crippen LogP contribution in [-0.2, 0) is 31.1 Å². The first-order valence-corrected chi connectivity index (χ1v) is 11.1. The van der Waals surface area contributed by atoms with Gasteiger partial charge in [-0.1, -0.05) is 36.4 Å². The van der Waals surface area contributed by atoms with Crippen LogP contribution in [-0.4, -0.2) is 53.9 Å². The van der Waals surface area contributed by atoms with Gasteiger partial charge in [0, 0.05) is 41.5 Å². The molecule has 2 fully saturated rings. The highest BCUT2D eigenvalue weighted by Gasteiger charge is 2.70. The van der Waals surface area contributed by atoms with E-state index in [2.05, 4.69) is 15.6 Å². The van der Waals surface area contributed by atoms with E-state index in [1.165, 1.54) is 12.0 Å². The van der Waals surface area contributed by atoms with Crippen LogP contribution in [0.1, 0.15) is 11.1 Å². The number of amides is 3. The number of imide groups is 1. The number of ether oxygens (including phenoxy) is 1. The van der Waals surface area contributed by atoms with Crippen molar-refractivity contribution in [3.05, 3.63) is 65.9 Å². The minimum absolute atomic E-state index is 0.181. The Morgan fingerprint density at radius 1 is 1.03 bits per heavy atom. The zero-order valence-electron chi connectivity index (χ0n) is 18.1. The number of hydrogen-bond donors (Lipinski definition) is 3. The molecule has 2 aromatic carbocycles. The zero-order valence-corrected chi connectivity index (χ0v) is 18.1. The van der Waals surface area contributed by atoms with Crippen LogP contribution in [0, 0.1) is 11.8 Å². The normalized spacial score (nSPS) is 28.1. The number of fused-ring (bicyclic) bond motifs is 5. The summed E-state index contributed by atoms with van der Waals surface area (Å²) in [4.78, 5) is 45.1. The molecule has 0 saturated carbocycles. The van der Waals surface area contributed by atoms with Crippen molar-refractivity contribution in [1.82, 2.24) is 15.2 Å². The second-order valence-electron chi connectivity index (χ2n) is 8.95. The van der Waals surface area contributed by atoms with Gasteiger partial charge in [0.25, 0.3) is 0 Å². The molecule has 8 nitrogen and oxygen atoms in total. The number of H-pyrrole nitrogens is 1. The molecular weight excluding hydrogens is 420 g/mol. The molecule has 0 radical (unpaired) electrons. The molecule has 168 valence electrons. The Labute approximate surface area is 190 Å². The van der Waals surface area contributed by atoms with Gasteiger partial charge in [-0.25, -0.2) is 0 Å². The van der Waals surface area contributed by atoms with Gasteiger partial charge in [-0.15, -0.1) is 0 Å². The summed E-state index contributed by atoms with van der Waals surface area (Å²) in [5.41, 5.74) is 2.18. The molecule has 3 N–H and O–H groups in total. The maximum absolute atomic E-state index is 13.6. The molecule has 4 atom stereocenters. The van der Waals surface area contributed by atoms with Gasteiger partial charge in [0.2, 0.25) is 17.7 Å². The van der Waals surface area contributed by atoms with Crippen molar-refractivity contribution in [2.75, 3.05) is 25.6 Å². The predicted octanol–water partition coefficient (Wildman–Crippen LogP) is 1.78. The van der Waals surface area contributed by atoms with E-state index in [0.29, 0.717) is 12.1 Å². The number of para-hydroxylation sites is 2. The zero-order chi connectivity index (χ0) is 22.7. The lowest BCUT2D eigenvalue weighted by Crippen LogP contribution is -2.53. The third kappa shape index (κ3) is 2.68. The Bertz CT molecular complexity index is 1300. The highest BCUT2D eigenvalue weighted by Crippen LogP contribution is 2.53. The average molecular weight is 444 g/mol. The van der Waals surface area contributed by atoms with Crippen molar-refractivity contribution >= 4 is 34.3 Å². The summed E-state index contributed by atoms with van der Waals surface area (Å²) in [6.45, 7) is 0.438. The first kappa shape index (κ1) is 20.1. The summed E-state index contributed by atoms with van der Waals surface area (Å²) in [6.07, 6.45) is 2.46. The van der Waals surface area contributed by atoms with E-state index in [9.17, 15) is 14.4 Å². The SMILES string of the molecule is COCCN1C(=O)[C@@H]2[C@H](Cc3c[nH]c4ccccc34)N[C@]3(C(=O)Nc4ccccc43)[C@H]2C1=O. The molecule has 2 saturated heterocycles. The van der Waals surface area contributed by atoms with Gasteiger partial charge in [0.05, 0.1) is 25.0 Å². The van der Waals surface area contributed by atoms with Crippen molar-refractivity contribution in [3.63, 3.8) is 0 Å². The van der Waals surface area contributed by atoms with Crippen molar-refractivity contribution < 1.29 is 19.1 Å². The van der Waals surface area contributed by atoms with Crippen LogP contribution in [0.25, 0.3) is 10.9 Å². The van der Waals surface area contributed by atoms with Crippen molar-refractivity contribution in [1.29, 1.82) is 0 Å². The van der Waals surface area contributed by atoms with E-state index >= 15 is 0 Å². The minimum Gasteiger partial charge on any atom is -0.383 e. The molecule has 1 aromatic heterocycles. The summed E-state index contributed by atoms with van der Waals surface area (Å²) in [6, 6.07) is 15.0. The van der Waals surface area contributed by atoms with Crippen LogP contribution in [0.2, 0.25) is 0 Å². The number of nitrogens with zero attached hydrogens (tertiary/aromatic N) is 1. The largest absolute Gasteiger partial charge is 0.383 e. The number of nitrogens with one attached hydrogen (secondary N) is 3. The molecule has 3 amide bonds. The summed E-state index contributed by atoms with van der Waals surface area (Å²) in [5.74, 6) is -2.29. The molecule has 4 heterocycles. The van der Waals surface area contributed by atoms with Gasteiger partial charge in [-0.3, -0.25) is 24.6 Å². The van der Waals surface area contributed by atoms with Gasteiger partial charge in [0.1, 0.15) is 5.54 Å². The Kier molecular flexibility index (Phi) is 4.43. The van der Waals surface area contributed by atoms with Crippen molar-refractivity contribution in [3.8, 4) is 0 Å². The van der Waals surface area contributed by atoms with Crippen LogP contribution in [0.15, 0.2) is 54.7 Å². The molecule has 1 spiro atoms. The summed E-state index contributed by atoms with van der Waals surface area (Å²) in [5, 5.41) is 7.49. The Hall–Kier alpha value is -3.49. The number of benzene rings is 2. The molecule has 0 aliphatic carbocycles. The van der Waals surface area contributed by atoms with Crippen LogP contribution in [0.5, 0.6) is 0 Å². The lowest BCUT2D eigenvalue weighted by Gasteiger charge is -2.29. The molecule has 0 bridgehead atoms. The number of hydrogen-bond acceptors (Lipinski definition) is 5. The highest BCUT2D eigenvalue weighted by molar-refractivity contribution is 6.15. The second-order valence-corrected chi connectivity index (χ2v) is 8.95. The Balaban J connectivity index is 1.46. The third-order valence-corrected chi connectivity index (χ3v) is 7.35. The molecule has 8 heteroatoms. The summed E-state index contributed by atoms with van der Waals surface area (Å²) < 4.78 is 5.13. The minimum atomic E-state index is -1.27. The molecule has 3 aliphatic heterocycles. The van der Waals surface area contributed by atoms with E-state index in [0.717, 1.165) is 22.0 Å². The fourth-order valence-electron chi connectivity index (χ4n) is 5.93. The highest BCUT2D eigenvalue weighted by atomic mass is 16.5. The number of rotatable bonds is 5. The van der Waals surface area contributed by atoms with Gasteiger partial charge in [0.15, 0.2) is 0 Å². The first-order valence-electron chi connectivity index (χ1n) is 11.1. The number of anilines is 1. The Morgan fingerprint density at radius 2 is 1.82 bits per heavy atom. The smallest absolute Gasteiger partial charge is 0.250 e. The fourth-order valence-corrected chi connectivity index (χ4v) is 5.93. The number of carbonyl (C=O) groups excluding carboxylic acids is 3. The lowest BCUT2D eigenvalue weighted by atomic mass is 9.76. The van der Waals surface area contributed by atoms with Crippen LogP contribution < -0.4 is 10.6 Å². The molecule has 0 unspecified atom stereocenters. The van der Waals surface area contributed by atoms with E-state index in [1.54, 1.807) is 0 Å². The van der Waals surface area contributed by atoms with E-state index in [4.69, 9.17) is 4.74 Å². The average Bonchev–Trinajstić information content (AvgIpc) is 3.53. The number of methoxy groups -OCH3 is 1. The number of aromatic amines is 1. The van der Waals surface area contributed by atoms with Gasteiger partial charge < -0.3 is 15.0 Å². The van der Waals surface area contributed by atoms with Gasteiger partial charge >= 0.3 is 0 Å². The number of carbonyl (C=O) groups is 3. The van der Waals surface area contributed by atoms with Gasteiger partial charge in [-0.05, 0) is 24.1 Å². The third-order valence-electron chi connectivity index (χ3n) is 7.35. The number of aromatic nitrogens is 1. The number of likely N-dealkylation sites (tertiary alicyclic amines) is 1. The lowest BCUT2D eigenvalue weighted by molar-refractivity contribution is -0.143. The van der Waals surface area contributed by atoms with Crippen molar-refractivity contribution in [2.45, 2.75) is 18.0 Å². The van der Waals surface area contributed by atoms with Crippen LogP contribution >= 0.6 is 0 Å². The quantitative estimate of drug-likeness (QED) is 0.521. The van der Waals surface area contributed by atoms with Crippen molar-refractivity contribution in [2.24, 2.45) is 11.8 Å². The predicted molar refractivity (Wildman–Crippen MR) is 121 cm³/mol. The molecule has 3 aromatic rings. The second kappa shape index (κ2) is 7.26. The maximum Gasteiger partial charge on any atom is 0.250 e. The Morgan fingerprint density at radius 3 is 2.67 bits per heavy atom. The maximum atomic E-state index is 13.6. The van der Waals surface area contributed by atoms with E-state index in [1.807, 2.05) is 54.7 Å². The van der Waals surface area contributed by atoms with E-state index < -0.39 is 17.4 Å². The summed E-state index contributed by atoms with van der Waals surface area (Å²) >= 11 is 0. The van der Waals surface area contributed by atoms with Crippen LogP contribution in [0.4, 0.5) is 5.69 Å². The van der Waals surface area contributed by atoms with Gasteiger partial charge in [-0.2, -0.15) is 0 Å². The standard InChI is InChI=1S/C25H24N4O4/c1-33-11-10-29-22(30)20-19(12-14-13-26-17-8-4-2-6-15(14)17)28-25(21(20)23(29)31)16-7-3-5-9-18(16)27-24(25)32/h2-9,13,19-21,26,28H,10-12H2,1H3,(H,27,32)/t19-,20+,21+,25-/m0/s1. The van der Waals surface area contributed by atoms with E-state index in [-0.39, 0.29) is 36.9 Å². The fraction of sp³-hybridized carbons (Fsp3) is 0.320. The van der Waals surface area contributed by atoms with Crippen LogP contribution in [0.3, 0.4) is 0 Å².